The van der Waals surface area contributed by atoms with E-state index in [2.05, 4.69) is 5.32 Å². The lowest BCUT2D eigenvalue weighted by Gasteiger charge is -2.34. The first-order valence-corrected chi connectivity index (χ1v) is 6.46. The Hall–Kier alpha value is -1.95. The van der Waals surface area contributed by atoms with E-state index in [1.807, 2.05) is 0 Å². The van der Waals surface area contributed by atoms with Gasteiger partial charge >= 0.3 is 5.97 Å². The van der Waals surface area contributed by atoms with E-state index in [1.54, 1.807) is 24.0 Å². The standard InChI is InChI=1S/C14H17FN2O3/c1-9-2-3-10(6-11(9)15)8-17-5-4-16-14(20)12(17)7-13(18)19/h2-3,6,12H,4-5,7-8H2,1H3,(H,16,20)(H,18,19). The summed E-state index contributed by atoms with van der Waals surface area (Å²) in [5.74, 6) is -1.60. The SMILES string of the molecule is Cc1ccc(CN2CCNC(=O)C2CC(=O)O)cc1F. The van der Waals surface area contributed by atoms with Crippen LogP contribution in [-0.2, 0) is 16.1 Å². The number of carboxylic acid groups (broad SMARTS) is 1. The van der Waals surface area contributed by atoms with Gasteiger partial charge in [-0.05, 0) is 24.1 Å². The summed E-state index contributed by atoms with van der Waals surface area (Å²) < 4.78 is 13.5. The van der Waals surface area contributed by atoms with E-state index in [-0.39, 0.29) is 18.1 Å². The number of benzene rings is 1. The molecular weight excluding hydrogens is 263 g/mol. The first-order valence-electron chi connectivity index (χ1n) is 6.46. The molecule has 1 saturated heterocycles. The lowest BCUT2D eigenvalue weighted by atomic mass is 10.1. The summed E-state index contributed by atoms with van der Waals surface area (Å²) in [7, 11) is 0. The molecule has 0 aliphatic carbocycles. The summed E-state index contributed by atoms with van der Waals surface area (Å²) in [6.07, 6.45) is -0.250. The fourth-order valence-electron chi connectivity index (χ4n) is 2.31. The normalized spacial score (nSPS) is 19.7. The Bertz CT molecular complexity index is 533. The van der Waals surface area contributed by atoms with Gasteiger partial charge in [-0.25, -0.2) is 4.39 Å². The molecule has 1 atom stereocenters. The van der Waals surface area contributed by atoms with E-state index >= 15 is 0 Å². The van der Waals surface area contributed by atoms with Crippen LogP contribution in [0.1, 0.15) is 17.5 Å². The maximum absolute atomic E-state index is 13.5. The van der Waals surface area contributed by atoms with E-state index in [9.17, 15) is 14.0 Å². The van der Waals surface area contributed by atoms with Crippen LogP contribution in [0.2, 0.25) is 0 Å². The minimum Gasteiger partial charge on any atom is -0.481 e. The van der Waals surface area contributed by atoms with Crippen LogP contribution in [0.25, 0.3) is 0 Å². The Morgan fingerprint density at radius 3 is 2.95 bits per heavy atom. The first kappa shape index (κ1) is 14.5. The number of amides is 1. The quantitative estimate of drug-likeness (QED) is 0.860. The van der Waals surface area contributed by atoms with Gasteiger partial charge in [0.1, 0.15) is 11.9 Å². The van der Waals surface area contributed by atoms with Gasteiger partial charge in [0.05, 0.1) is 6.42 Å². The number of nitrogens with zero attached hydrogens (tertiary/aromatic N) is 1. The minimum atomic E-state index is -1.02. The van der Waals surface area contributed by atoms with Gasteiger partial charge in [-0.3, -0.25) is 14.5 Å². The third-order valence-corrected chi connectivity index (χ3v) is 3.43. The van der Waals surface area contributed by atoms with Crippen LogP contribution in [0.5, 0.6) is 0 Å². The molecule has 0 saturated carbocycles. The van der Waals surface area contributed by atoms with Crippen molar-refractivity contribution in [2.45, 2.75) is 25.9 Å². The highest BCUT2D eigenvalue weighted by molar-refractivity contribution is 5.86. The van der Waals surface area contributed by atoms with Crippen LogP contribution in [0.3, 0.4) is 0 Å². The van der Waals surface area contributed by atoms with Gasteiger partial charge in [0, 0.05) is 19.6 Å². The number of nitrogens with one attached hydrogen (secondary N) is 1. The van der Waals surface area contributed by atoms with E-state index < -0.39 is 12.0 Å². The second-order valence-electron chi connectivity index (χ2n) is 4.96. The van der Waals surface area contributed by atoms with Crippen LogP contribution in [0.15, 0.2) is 18.2 Å². The zero-order chi connectivity index (χ0) is 14.7. The molecule has 1 fully saturated rings. The number of halogens is 1. The highest BCUT2D eigenvalue weighted by Crippen LogP contribution is 2.16. The molecule has 0 spiro atoms. The average Bonchev–Trinajstić information content (AvgIpc) is 2.38. The lowest BCUT2D eigenvalue weighted by Crippen LogP contribution is -2.55. The van der Waals surface area contributed by atoms with Crippen molar-refractivity contribution in [3.8, 4) is 0 Å². The van der Waals surface area contributed by atoms with Crippen LogP contribution < -0.4 is 5.32 Å². The molecule has 108 valence electrons. The number of aryl methyl sites for hydroxylation is 1. The molecule has 0 bridgehead atoms. The van der Waals surface area contributed by atoms with Crippen molar-refractivity contribution in [3.05, 3.63) is 35.1 Å². The highest BCUT2D eigenvalue weighted by atomic mass is 19.1. The van der Waals surface area contributed by atoms with Crippen molar-refractivity contribution in [1.82, 2.24) is 10.2 Å². The summed E-state index contributed by atoms with van der Waals surface area (Å²) in [4.78, 5) is 24.4. The zero-order valence-corrected chi connectivity index (χ0v) is 11.2. The molecule has 1 aromatic carbocycles. The molecule has 6 heteroatoms. The van der Waals surface area contributed by atoms with Gasteiger partial charge in [-0.1, -0.05) is 12.1 Å². The molecule has 1 heterocycles. The fraction of sp³-hybridized carbons (Fsp3) is 0.429. The van der Waals surface area contributed by atoms with Crippen LogP contribution >= 0.6 is 0 Å². The zero-order valence-electron chi connectivity index (χ0n) is 11.2. The predicted octanol–water partition coefficient (Wildman–Crippen LogP) is 0.909. The van der Waals surface area contributed by atoms with E-state index in [0.29, 0.717) is 25.2 Å². The number of carboxylic acids is 1. The monoisotopic (exact) mass is 280 g/mol. The van der Waals surface area contributed by atoms with E-state index in [4.69, 9.17) is 5.11 Å². The number of carbonyl (C=O) groups excluding carboxylic acids is 1. The molecule has 0 radical (unpaired) electrons. The van der Waals surface area contributed by atoms with Crippen LogP contribution in [0, 0.1) is 12.7 Å². The minimum absolute atomic E-state index is 0.250. The summed E-state index contributed by atoms with van der Waals surface area (Å²) in [6, 6.07) is 4.20. The summed E-state index contributed by atoms with van der Waals surface area (Å²) >= 11 is 0. The molecule has 2 N–H and O–H groups in total. The summed E-state index contributed by atoms with van der Waals surface area (Å²) in [5, 5.41) is 11.5. The van der Waals surface area contributed by atoms with Gasteiger partial charge in [0.15, 0.2) is 0 Å². The number of hydrogen-bond acceptors (Lipinski definition) is 3. The van der Waals surface area contributed by atoms with Crippen LogP contribution in [0.4, 0.5) is 4.39 Å². The van der Waals surface area contributed by atoms with Gasteiger partial charge in [-0.15, -0.1) is 0 Å². The average molecular weight is 280 g/mol. The van der Waals surface area contributed by atoms with Crippen molar-refractivity contribution in [2.75, 3.05) is 13.1 Å². The van der Waals surface area contributed by atoms with E-state index in [1.165, 1.54) is 6.07 Å². The van der Waals surface area contributed by atoms with Gasteiger partial charge in [0.2, 0.25) is 5.91 Å². The van der Waals surface area contributed by atoms with Gasteiger partial charge in [-0.2, -0.15) is 0 Å². The number of piperazine rings is 1. The molecule has 1 aromatic rings. The predicted molar refractivity (Wildman–Crippen MR) is 70.6 cm³/mol. The van der Waals surface area contributed by atoms with Crippen molar-refractivity contribution in [3.63, 3.8) is 0 Å². The molecule has 5 nitrogen and oxygen atoms in total. The van der Waals surface area contributed by atoms with Crippen molar-refractivity contribution < 1.29 is 19.1 Å². The summed E-state index contributed by atoms with van der Waals surface area (Å²) in [5.41, 5.74) is 1.30. The third-order valence-electron chi connectivity index (χ3n) is 3.43. The molecule has 1 amide bonds. The smallest absolute Gasteiger partial charge is 0.305 e. The Morgan fingerprint density at radius 1 is 1.55 bits per heavy atom. The topological polar surface area (TPSA) is 69.6 Å². The van der Waals surface area contributed by atoms with Gasteiger partial charge < -0.3 is 10.4 Å². The molecular formula is C14H17FN2O3. The number of rotatable bonds is 4. The van der Waals surface area contributed by atoms with Crippen molar-refractivity contribution in [2.24, 2.45) is 0 Å². The van der Waals surface area contributed by atoms with Crippen molar-refractivity contribution in [1.29, 1.82) is 0 Å². The Labute approximate surface area is 116 Å². The highest BCUT2D eigenvalue weighted by Gasteiger charge is 2.31. The number of carbonyl (C=O) groups is 2. The molecule has 20 heavy (non-hydrogen) atoms. The largest absolute Gasteiger partial charge is 0.481 e. The molecule has 1 unspecified atom stereocenters. The first-order chi connectivity index (χ1) is 9.47. The number of hydrogen-bond donors (Lipinski definition) is 2. The molecule has 0 aromatic heterocycles. The fourth-order valence-corrected chi connectivity index (χ4v) is 2.31. The molecule has 2 rings (SSSR count). The Kier molecular flexibility index (Phi) is 4.34. The van der Waals surface area contributed by atoms with Crippen LogP contribution in [-0.4, -0.2) is 41.0 Å². The number of aliphatic carboxylic acids is 1. The Morgan fingerprint density at radius 2 is 2.30 bits per heavy atom. The maximum atomic E-state index is 13.5. The van der Waals surface area contributed by atoms with Gasteiger partial charge in [0.25, 0.3) is 0 Å². The van der Waals surface area contributed by atoms with Crippen molar-refractivity contribution >= 4 is 11.9 Å². The third kappa shape index (κ3) is 3.33. The lowest BCUT2D eigenvalue weighted by molar-refractivity contribution is -0.143. The molecule has 1 aliphatic heterocycles. The molecule has 1 aliphatic rings. The second-order valence-corrected chi connectivity index (χ2v) is 4.96. The maximum Gasteiger partial charge on any atom is 0.305 e. The Balaban J connectivity index is 2.13. The second kappa shape index (κ2) is 6.00. The summed E-state index contributed by atoms with van der Waals surface area (Å²) in [6.45, 7) is 3.08. The van der Waals surface area contributed by atoms with E-state index in [0.717, 1.165) is 5.56 Å².